The molecule has 0 spiro atoms. The number of carbonyl (C=O) groups excluding carboxylic acids is 1. The minimum Gasteiger partial charge on any atom is -0.377 e. The predicted molar refractivity (Wildman–Crippen MR) is 72.8 cm³/mol. The van der Waals surface area contributed by atoms with E-state index < -0.39 is 0 Å². The molecule has 1 saturated heterocycles. The molecule has 0 bridgehead atoms. The van der Waals surface area contributed by atoms with E-state index in [4.69, 9.17) is 4.74 Å². The number of likely N-dealkylation sites (tertiary alicyclic amines) is 1. The summed E-state index contributed by atoms with van der Waals surface area (Å²) in [5.41, 5.74) is 0. The lowest BCUT2D eigenvalue weighted by Crippen LogP contribution is -2.49. The monoisotopic (exact) mass is 257 g/mol. The zero-order chi connectivity index (χ0) is 13.5. The summed E-state index contributed by atoms with van der Waals surface area (Å²) in [6.45, 7) is 7.44. The van der Waals surface area contributed by atoms with E-state index in [9.17, 15) is 4.79 Å². The Labute approximate surface area is 110 Å². The Morgan fingerprint density at radius 3 is 2.56 bits per heavy atom. The molecule has 0 aliphatic carbocycles. The second-order valence-electron chi connectivity index (χ2n) is 5.11. The van der Waals surface area contributed by atoms with Crippen molar-refractivity contribution >= 4 is 6.03 Å². The average molecular weight is 257 g/mol. The first-order chi connectivity index (χ1) is 8.54. The van der Waals surface area contributed by atoms with Gasteiger partial charge in [-0.05, 0) is 26.7 Å². The number of amides is 2. The number of piperidine rings is 1. The van der Waals surface area contributed by atoms with Crippen LogP contribution in [0.15, 0.2) is 0 Å². The SMILES string of the molecule is CCOC(C)CNC1CCN(C(=O)N(C)C)CC1. The third-order valence-corrected chi connectivity index (χ3v) is 3.29. The van der Waals surface area contributed by atoms with Crippen LogP contribution in [0.25, 0.3) is 0 Å². The van der Waals surface area contributed by atoms with Crippen LogP contribution in [0.1, 0.15) is 26.7 Å². The summed E-state index contributed by atoms with van der Waals surface area (Å²) < 4.78 is 5.49. The van der Waals surface area contributed by atoms with Gasteiger partial charge in [0, 0.05) is 46.4 Å². The maximum absolute atomic E-state index is 11.8. The van der Waals surface area contributed by atoms with Gasteiger partial charge < -0.3 is 19.9 Å². The van der Waals surface area contributed by atoms with Gasteiger partial charge in [0.15, 0.2) is 0 Å². The molecule has 0 saturated carbocycles. The van der Waals surface area contributed by atoms with Crippen molar-refractivity contribution in [2.75, 3.05) is 40.3 Å². The van der Waals surface area contributed by atoms with Crippen LogP contribution in [-0.4, -0.2) is 68.3 Å². The highest BCUT2D eigenvalue weighted by Crippen LogP contribution is 2.11. The molecule has 0 radical (unpaired) electrons. The molecule has 1 heterocycles. The highest BCUT2D eigenvalue weighted by molar-refractivity contribution is 5.73. The van der Waals surface area contributed by atoms with Crippen LogP contribution in [-0.2, 0) is 4.74 Å². The second kappa shape index (κ2) is 7.59. The molecule has 1 unspecified atom stereocenters. The van der Waals surface area contributed by atoms with Gasteiger partial charge in [-0.25, -0.2) is 4.79 Å². The Bertz CT molecular complexity index is 251. The van der Waals surface area contributed by atoms with E-state index in [0.29, 0.717) is 6.04 Å². The molecule has 0 aromatic rings. The maximum atomic E-state index is 11.8. The van der Waals surface area contributed by atoms with Crippen molar-refractivity contribution in [3.05, 3.63) is 0 Å². The van der Waals surface area contributed by atoms with E-state index in [2.05, 4.69) is 12.2 Å². The van der Waals surface area contributed by atoms with Gasteiger partial charge in [0.25, 0.3) is 0 Å². The largest absolute Gasteiger partial charge is 0.377 e. The molecular formula is C13H27N3O2. The number of nitrogens with one attached hydrogen (secondary N) is 1. The van der Waals surface area contributed by atoms with E-state index in [1.165, 1.54) is 0 Å². The zero-order valence-corrected chi connectivity index (χ0v) is 12.1. The number of hydrogen-bond acceptors (Lipinski definition) is 3. The minimum absolute atomic E-state index is 0.121. The zero-order valence-electron chi connectivity index (χ0n) is 12.1. The van der Waals surface area contributed by atoms with E-state index in [1.54, 1.807) is 19.0 Å². The van der Waals surface area contributed by atoms with E-state index in [-0.39, 0.29) is 12.1 Å². The smallest absolute Gasteiger partial charge is 0.319 e. The standard InChI is InChI=1S/C13H27N3O2/c1-5-18-11(2)10-14-12-6-8-16(9-7-12)13(17)15(3)4/h11-12,14H,5-10H2,1-4H3. The van der Waals surface area contributed by atoms with Gasteiger partial charge in [-0.2, -0.15) is 0 Å². The van der Waals surface area contributed by atoms with Gasteiger partial charge in [-0.1, -0.05) is 0 Å². The quantitative estimate of drug-likeness (QED) is 0.803. The molecule has 0 aromatic heterocycles. The summed E-state index contributed by atoms with van der Waals surface area (Å²) in [4.78, 5) is 15.3. The number of rotatable bonds is 5. The highest BCUT2D eigenvalue weighted by atomic mass is 16.5. The maximum Gasteiger partial charge on any atom is 0.319 e. The Kier molecular flexibility index (Phi) is 6.43. The Hall–Kier alpha value is -0.810. The third kappa shape index (κ3) is 4.82. The van der Waals surface area contributed by atoms with Crippen molar-refractivity contribution in [3.8, 4) is 0 Å². The van der Waals surface area contributed by atoms with Crippen LogP contribution in [0.2, 0.25) is 0 Å². The average Bonchev–Trinajstić information content (AvgIpc) is 2.36. The molecule has 1 aliphatic rings. The van der Waals surface area contributed by atoms with Crippen molar-refractivity contribution in [1.29, 1.82) is 0 Å². The number of nitrogens with zero attached hydrogens (tertiary/aromatic N) is 2. The van der Waals surface area contributed by atoms with Crippen molar-refractivity contribution in [1.82, 2.24) is 15.1 Å². The molecule has 0 aromatic carbocycles. The van der Waals surface area contributed by atoms with Crippen LogP contribution >= 0.6 is 0 Å². The summed E-state index contributed by atoms with van der Waals surface area (Å²) in [7, 11) is 3.60. The normalized spacial score (nSPS) is 18.8. The molecule has 1 aliphatic heterocycles. The molecule has 5 nitrogen and oxygen atoms in total. The number of carbonyl (C=O) groups is 1. The molecule has 1 atom stereocenters. The van der Waals surface area contributed by atoms with Crippen molar-refractivity contribution in [2.24, 2.45) is 0 Å². The lowest BCUT2D eigenvalue weighted by atomic mass is 10.1. The fraction of sp³-hybridized carbons (Fsp3) is 0.923. The molecule has 5 heteroatoms. The molecule has 1 fully saturated rings. The highest BCUT2D eigenvalue weighted by Gasteiger charge is 2.23. The third-order valence-electron chi connectivity index (χ3n) is 3.29. The molecule has 1 N–H and O–H groups in total. The Balaban J connectivity index is 2.21. The molecule has 106 valence electrons. The van der Waals surface area contributed by atoms with Gasteiger partial charge >= 0.3 is 6.03 Å². The van der Waals surface area contributed by atoms with E-state index in [0.717, 1.165) is 39.1 Å². The lowest BCUT2D eigenvalue weighted by Gasteiger charge is -2.34. The summed E-state index contributed by atoms with van der Waals surface area (Å²) in [6, 6.07) is 0.634. The second-order valence-corrected chi connectivity index (χ2v) is 5.11. The van der Waals surface area contributed by atoms with Gasteiger partial charge in [-0.3, -0.25) is 0 Å². The number of hydrogen-bond donors (Lipinski definition) is 1. The fourth-order valence-electron chi connectivity index (χ4n) is 2.23. The Morgan fingerprint density at radius 2 is 2.06 bits per heavy atom. The predicted octanol–water partition coefficient (Wildman–Crippen LogP) is 1.15. The van der Waals surface area contributed by atoms with Crippen LogP contribution in [0.3, 0.4) is 0 Å². The number of urea groups is 1. The molecule has 1 rings (SSSR count). The molecule has 18 heavy (non-hydrogen) atoms. The van der Waals surface area contributed by atoms with Gasteiger partial charge in [-0.15, -0.1) is 0 Å². The summed E-state index contributed by atoms with van der Waals surface area (Å²) in [5.74, 6) is 0. The van der Waals surface area contributed by atoms with Crippen LogP contribution in [0.4, 0.5) is 4.79 Å². The lowest BCUT2D eigenvalue weighted by molar-refractivity contribution is 0.0711. The first-order valence-corrected chi connectivity index (χ1v) is 6.85. The van der Waals surface area contributed by atoms with Gasteiger partial charge in [0.2, 0.25) is 0 Å². The fourth-order valence-corrected chi connectivity index (χ4v) is 2.23. The minimum atomic E-state index is 0.121. The van der Waals surface area contributed by atoms with E-state index in [1.807, 2.05) is 11.8 Å². The van der Waals surface area contributed by atoms with Crippen molar-refractivity contribution in [3.63, 3.8) is 0 Å². The first-order valence-electron chi connectivity index (χ1n) is 6.85. The summed E-state index contributed by atoms with van der Waals surface area (Å²) in [5, 5.41) is 3.52. The van der Waals surface area contributed by atoms with Crippen LogP contribution < -0.4 is 5.32 Å². The summed E-state index contributed by atoms with van der Waals surface area (Å²) in [6.07, 6.45) is 2.31. The van der Waals surface area contributed by atoms with Crippen LogP contribution in [0.5, 0.6) is 0 Å². The summed E-state index contributed by atoms with van der Waals surface area (Å²) >= 11 is 0. The first kappa shape index (κ1) is 15.2. The molecular weight excluding hydrogens is 230 g/mol. The topological polar surface area (TPSA) is 44.8 Å². The van der Waals surface area contributed by atoms with Crippen LogP contribution in [0, 0.1) is 0 Å². The molecule has 2 amide bonds. The Morgan fingerprint density at radius 1 is 1.44 bits per heavy atom. The van der Waals surface area contributed by atoms with E-state index >= 15 is 0 Å². The van der Waals surface area contributed by atoms with Gasteiger partial charge in [0.05, 0.1) is 6.10 Å². The van der Waals surface area contributed by atoms with Crippen molar-refractivity contribution < 1.29 is 9.53 Å². The van der Waals surface area contributed by atoms with Gasteiger partial charge in [0.1, 0.15) is 0 Å². The number of ether oxygens (including phenoxy) is 1. The van der Waals surface area contributed by atoms with Crippen molar-refractivity contribution in [2.45, 2.75) is 38.8 Å².